The highest BCUT2D eigenvalue weighted by Crippen LogP contribution is 2.27. The van der Waals surface area contributed by atoms with Gasteiger partial charge in [0, 0.05) is 0 Å². The first kappa shape index (κ1) is 11.3. The summed E-state index contributed by atoms with van der Waals surface area (Å²) in [6.07, 6.45) is 5.79. The van der Waals surface area contributed by atoms with Gasteiger partial charge in [0.1, 0.15) is 18.1 Å². The Bertz CT molecular complexity index is 328. The van der Waals surface area contributed by atoms with Crippen molar-refractivity contribution in [2.75, 3.05) is 6.61 Å². The molecule has 3 heteroatoms. The highest BCUT2D eigenvalue weighted by Gasteiger charge is 2.28. The van der Waals surface area contributed by atoms with Crippen LogP contribution >= 0.6 is 0 Å². The summed E-state index contributed by atoms with van der Waals surface area (Å²) >= 11 is 0. The number of ether oxygens (including phenoxy) is 1. The molecule has 1 aliphatic carbocycles. The van der Waals surface area contributed by atoms with E-state index in [0.717, 1.165) is 18.6 Å². The Balaban J connectivity index is 1.88. The van der Waals surface area contributed by atoms with Gasteiger partial charge in [-0.15, -0.1) is 0 Å². The molecule has 88 valence electrons. The zero-order chi connectivity index (χ0) is 11.4. The molecule has 3 N–H and O–H groups in total. The summed E-state index contributed by atoms with van der Waals surface area (Å²) in [5.74, 6) is 1.03. The van der Waals surface area contributed by atoms with Crippen LogP contribution in [0.4, 0.5) is 0 Å². The standard InChI is InChI=1S/C13H19NO2/c14-13(8-2-1-3-9-13)10-16-12-6-4-11(15)5-7-12/h4-7,15H,1-3,8-10,14H2. The van der Waals surface area contributed by atoms with Crippen molar-refractivity contribution >= 4 is 0 Å². The first-order chi connectivity index (χ1) is 7.68. The monoisotopic (exact) mass is 221 g/mol. The summed E-state index contributed by atoms with van der Waals surface area (Å²) in [5.41, 5.74) is 6.11. The Labute approximate surface area is 96.2 Å². The van der Waals surface area contributed by atoms with E-state index in [9.17, 15) is 0 Å². The summed E-state index contributed by atoms with van der Waals surface area (Å²) in [5, 5.41) is 9.14. The van der Waals surface area contributed by atoms with Gasteiger partial charge in [0.15, 0.2) is 0 Å². The van der Waals surface area contributed by atoms with Gasteiger partial charge < -0.3 is 15.6 Å². The van der Waals surface area contributed by atoms with Crippen LogP contribution in [0.15, 0.2) is 24.3 Å². The molecule has 0 amide bonds. The fourth-order valence-corrected chi connectivity index (χ4v) is 2.17. The lowest BCUT2D eigenvalue weighted by Gasteiger charge is -2.33. The van der Waals surface area contributed by atoms with Crippen molar-refractivity contribution in [2.24, 2.45) is 5.73 Å². The number of hydrogen-bond acceptors (Lipinski definition) is 3. The number of phenols is 1. The third-order valence-corrected chi connectivity index (χ3v) is 3.21. The molecule has 0 aromatic heterocycles. The fraction of sp³-hybridized carbons (Fsp3) is 0.538. The summed E-state index contributed by atoms with van der Waals surface area (Å²) < 4.78 is 5.67. The lowest BCUT2D eigenvalue weighted by molar-refractivity contribution is 0.173. The summed E-state index contributed by atoms with van der Waals surface area (Å²) in [4.78, 5) is 0. The predicted octanol–water partition coefficient (Wildman–Crippen LogP) is 2.43. The second-order valence-corrected chi connectivity index (χ2v) is 4.71. The van der Waals surface area contributed by atoms with E-state index in [4.69, 9.17) is 15.6 Å². The van der Waals surface area contributed by atoms with Crippen molar-refractivity contribution in [1.29, 1.82) is 0 Å². The number of aromatic hydroxyl groups is 1. The molecule has 1 fully saturated rings. The van der Waals surface area contributed by atoms with Crippen LogP contribution in [0.2, 0.25) is 0 Å². The van der Waals surface area contributed by atoms with Crippen LogP contribution in [0.3, 0.4) is 0 Å². The van der Waals surface area contributed by atoms with Gasteiger partial charge in [0.05, 0.1) is 5.54 Å². The molecule has 1 saturated carbocycles. The molecule has 0 radical (unpaired) electrons. The molecule has 0 atom stereocenters. The number of nitrogens with two attached hydrogens (primary N) is 1. The molecule has 0 bridgehead atoms. The summed E-state index contributed by atoms with van der Waals surface area (Å²) in [7, 11) is 0. The van der Waals surface area contributed by atoms with Crippen LogP contribution in [-0.2, 0) is 0 Å². The number of hydrogen-bond donors (Lipinski definition) is 2. The second kappa shape index (κ2) is 4.74. The van der Waals surface area contributed by atoms with Gasteiger partial charge in [-0.25, -0.2) is 0 Å². The zero-order valence-corrected chi connectivity index (χ0v) is 9.48. The van der Waals surface area contributed by atoms with Crippen molar-refractivity contribution in [3.05, 3.63) is 24.3 Å². The topological polar surface area (TPSA) is 55.5 Å². The van der Waals surface area contributed by atoms with Crippen molar-refractivity contribution in [1.82, 2.24) is 0 Å². The maximum absolute atomic E-state index is 9.14. The van der Waals surface area contributed by atoms with E-state index in [1.807, 2.05) is 0 Å². The molecule has 0 saturated heterocycles. The molecule has 1 aromatic rings. The average Bonchev–Trinajstić information content (AvgIpc) is 2.29. The lowest BCUT2D eigenvalue weighted by atomic mass is 9.83. The van der Waals surface area contributed by atoms with Crippen molar-refractivity contribution in [3.8, 4) is 11.5 Å². The minimum absolute atomic E-state index is 0.157. The largest absolute Gasteiger partial charge is 0.508 e. The molecule has 2 rings (SSSR count). The highest BCUT2D eigenvalue weighted by molar-refractivity contribution is 5.30. The van der Waals surface area contributed by atoms with Crippen molar-refractivity contribution in [2.45, 2.75) is 37.6 Å². The van der Waals surface area contributed by atoms with Crippen LogP contribution in [0.25, 0.3) is 0 Å². The van der Waals surface area contributed by atoms with E-state index in [-0.39, 0.29) is 11.3 Å². The minimum Gasteiger partial charge on any atom is -0.508 e. The molecule has 16 heavy (non-hydrogen) atoms. The van der Waals surface area contributed by atoms with Crippen LogP contribution in [0.1, 0.15) is 32.1 Å². The van der Waals surface area contributed by atoms with Crippen molar-refractivity contribution in [3.63, 3.8) is 0 Å². The smallest absolute Gasteiger partial charge is 0.119 e. The highest BCUT2D eigenvalue weighted by atomic mass is 16.5. The molecule has 0 spiro atoms. The molecular formula is C13H19NO2. The van der Waals surface area contributed by atoms with E-state index in [1.165, 1.54) is 19.3 Å². The quantitative estimate of drug-likeness (QED) is 0.824. The fourth-order valence-electron chi connectivity index (χ4n) is 2.17. The van der Waals surface area contributed by atoms with Crippen LogP contribution in [-0.4, -0.2) is 17.3 Å². The van der Waals surface area contributed by atoms with Gasteiger partial charge in [-0.3, -0.25) is 0 Å². The predicted molar refractivity (Wildman–Crippen MR) is 63.6 cm³/mol. The van der Waals surface area contributed by atoms with E-state index in [0.29, 0.717) is 6.61 Å². The molecule has 0 unspecified atom stereocenters. The lowest BCUT2D eigenvalue weighted by Crippen LogP contribution is -2.47. The van der Waals surface area contributed by atoms with Crippen LogP contribution in [0, 0.1) is 0 Å². The minimum atomic E-state index is -0.157. The summed E-state index contributed by atoms with van der Waals surface area (Å²) in [6, 6.07) is 6.78. The van der Waals surface area contributed by atoms with Crippen molar-refractivity contribution < 1.29 is 9.84 Å². The third kappa shape index (κ3) is 2.89. The van der Waals surface area contributed by atoms with Crippen LogP contribution < -0.4 is 10.5 Å². The van der Waals surface area contributed by atoms with E-state index < -0.39 is 0 Å². The number of rotatable bonds is 3. The Morgan fingerprint density at radius 3 is 2.38 bits per heavy atom. The van der Waals surface area contributed by atoms with E-state index in [1.54, 1.807) is 24.3 Å². The van der Waals surface area contributed by atoms with Gasteiger partial charge >= 0.3 is 0 Å². The van der Waals surface area contributed by atoms with Gasteiger partial charge in [-0.1, -0.05) is 19.3 Å². The Kier molecular flexibility index (Phi) is 3.34. The van der Waals surface area contributed by atoms with E-state index >= 15 is 0 Å². The molecule has 1 aromatic carbocycles. The van der Waals surface area contributed by atoms with Crippen LogP contribution in [0.5, 0.6) is 11.5 Å². The number of benzene rings is 1. The maximum atomic E-state index is 9.14. The maximum Gasteiger partial charge on any atom is 0.119 e. The molecule has 3 nitrogen and oxygen atoms in total. The second-order valence-electron chi connectivity index (χ2n) is 4.71. The normalized spacial score (nSPS) is 19.3. The zero-order valence-electron chi connectivity index (χ0n) is 9.48. The molecular weight excluding hydrogens is 202 g/mol. The first-order valence-electron chi connectivity index (χ1n) is 5.89. The summed E-state index contributed by atoms with van der Waals surface area (Å²) in [6.45, 7) is 0.567. The molecule has 1 aliphatic rings. The van der Waals surface area contributed by atoms with Gasteiger partial charge in [-0.2, -0.15) is 0 Å². The average molecular weight is 221 g/mol. The Morgan fingerprint density at radius 1 is 1.12 bits per heavy atom. The number of phenolic OH excluding ortho intramolecular Hbond substituents is 1. The molecule has 0 aliphatic heterocycles. The van der Waals surface area contributed by atoms with Gasteiger partial charge in [-0.05, 0) is 37.1 Å². The Morgan fingerprint density at radius 2 is 1.75 bits per heavy atom. The van der Waals surface area contributed by atoms with Gasteiger partial charge in [0.25, 0.3) is 0 Å². The SMILES string of the molecule is NC1(COc2ccc(O)cc2)CCCCC1. The molecule has 0 heterocycles. The van der Waals surface area contributed by atoms with E-state index in [2.05, 4.69) is 0 Å². The first-order valence-corrected chi connectivity index (χ1v) is 5.89. The Hall–Kier alpha value is -1.22. The van der Waals surface area contributed by atoms with Gasteiger partial charge in [0.2, 0.25) is 0 Å². The third-order valence-electron chi connectivity index (χ3n) is 3.21.